The zero-order chi connectivity index (χ0) is 3.41. The molecule has 0 aliphatic carbocycles. The monoisotopic (exact) mass is 58.0 g/mol. The molecule has 0 unspecified atom stereocenters. The fraction of sp³-hybridized carbons (Fsp3) is 0.500. The summed E-state index contributed by atoms with van der Waals surface area (Å²) in [5, 5.41) is 15.1. The zero-order valence-electron chi connectivity index (χ0n) is 2.19. The van der Waals surface area contributed by atoms with E-state index in [1.54, 1.807) is 0 Å². The molecule has 0 aromatic rings. The van der Waals surface area contributed by atoms with E-state index in [0.717, 1.165) is 6.21 Å². The third kappa shape index (κ3) is 1.63. The minimum absolute atomic E-state index is 0.389. The molecule has 0 aliphatic rings. The van der Waals surface area contributed by atoms with Crippen molar-refractivity contribution in [2.75, 3.05) is 6.61 Å². The van der Waals surface area contributed by atoms with Crippen molar-refractivity contribution in [1.82, 2.24) is 0 Å². The topological polar surface area (TPSA) is 46.9 Å². The molecule has 0 aromatic carbocycles. The maximum atomic E-state index is 9.06. The maximum Gasteiger partial charge on any atom is -0.0214 e. The van der Waals surface area contributed by atoms with Gasteiger partial charge >= 0.3 is 0 Å². The third-order valence-electron chi connectivity index (χ3n) is 0.0833. The molecular formula is C2H4NO-. The highest BCUT2D eigenvalue weighted by atomic mass is 16.2. The fourth-order valence-corrected chi connectivity index (χ4v) is 0. The van der Waals surface area contributed by atoms with Gasteiger partial charge in [0.2, 0.25) is 0 Å². The summed E-state index contributed by atoms with van der Waals surface area (Å²) in [6.07, 6.45) is 0.819. The molecule has 0 aliphatic heterocycles. The van der Waals surface area contributed by atoms with E-state index in [4.69, 9.17) is 10.5 Å². The van der Waals surface area contributed by atoms with E-state index < -0.39 is 0 Å². The molecule has 0 bridgehead atoms. The third-order valence-corrected chi connectivity index (χ3v) is 0.0833. The standard InChI is InChI=1S/C2H4NO/c3-1-2-4/h1,3H,2H2/q-1. The second-order valence-electron chi connectivity index (χ2n) is 0.371. The van der Waals surface area contributed by atoms with E-state index in [1.807, 2.05) is 0 Å². The smallest absolute Gasteiger partial charge is 0.0214 e. The Bertz CT molecular complexity index is 20.0. The number of hydrogen-bond acceptors (Lipinski definition) is 2. The van der Waals surface area contributed by atoms with Gasteiger partial charge in [-0.15, -0.1) is 6.61 Å². The fourth-order valence-electron chi connectivity index (χ4n) is 0. The van der Waals surface area contributed by atoms with Gasteiger partial charge < -0.3 is 10.5 Å². The molecule has 0 spiro atoms. The Morgan fingerprint density at radius 3 is 2.25 bits per heavy atom. The van der Waals surface area contributed by atoms with Crippen molar-refractivity contribution in [3.8, 4) is 0 Å². The van der Waals surface area contributed by atoms with Crippen molar-refractivity contribution < 1.29 is 5.11 Å². The molecule has 2 nitrogen and oxygen atoms in total. The lowest BCUT2D eigenvalue weighted by molar-refractivity contribution is -0.344. The summed E-state index contributed by atoms with van der Waals surface area (Å²) in [6, 6.07) is 0. The van der Waals surface area contributed by atoms with Crippen molar-refractivity contribution in [3.63, 3.8) is 0 Å². The molecule has 0 heterocycles. The minimum atomic E-state index is -0.389. The highest BCUT2D eigenvalue weighted by Gasteiger charge is 1.32. The van der Waals surface area contributed by atoms with Crippen LogP contribution < -0.4 is 5.11 Å². The van der Waals surface area contributed by atoms with Gasteiger partial charge in [-0.3, -0.25) is 0 Å². The van der Waals surface area contributed by atoms with Gasteiger partial charge in [0.1, 0.15) is 0 Å². The largest absolute Gasteiger partial charge is 0.850 e. The second kappa shape index (κ2) is 2.63. The Hall–Kier alpha value is -0.370. The van der Waals surface area contributed by atoms with Gasteiger partial charge in [0, 0.05) is 0 Å². The Morgan fingerprint density at radius 2 is 2.25 bits per heavy atom. The van der Waals surface area contributed by atoms with Gasteiger partial charge in [-0.1, -0.05) is 0 Å². The van der Waals surface area contributed by atoms with E-state index in [2.05, 4.69) is 0 Å². The maximum absolute atomic E-state index is 9.06. The summed E-state index contributed by atoms with van der Waals surface area (Å²) in [5.74, 6) is 0. The molecule has 1 N–H and O–H groups in total. The Morgan fingerprint density at radius 1 is 2.00 bits per heavy atom. The van der Waals surface area contributed by atoms with Crippen LogP contribution in [0.15, 0.2) is 0 Å². The summed E-state index contributed by atoms with van der Waals surface area (Å²) in [6.45, 7) is -0.389. The Kier molecular flexibility index (Phi) is 2.39. The predicted molar refractivity (Wildman–Crippen MR) is 13.7 cm³/mol. The van der Waals surface area contributed by atoms with Crippen LogP contribution in [0.3, 0.4) is 0 Å². The lowest BCUT2D eigenvalue weighted by atomic mass is 10.8. The van der Waals surface area contributed by atoms with Gasteiger partial charge in [0.25, 0.3) is 0 Å². The highest BCUT2D eigenvalue weighted by molar-refractivity contribution is 5.53. The van der Waals surface area contributed by atoms with Crippen LogP contribution in [0.2, 0.25) is 0 Å². The molecular weight excluding hydrogens is 54.0 g/mol. The van der Waals surface area contributed by atoms with Crippen LogP contribution in [-0.4, -0.2) is 12.8 Å². The zero-order valence-corrected chi connectivity index (χ0v) is 2.19. The van der Waals surface area contributed by atoms with Crippen LogP contribution in [0, 0.1) is 5.41 Å². The average molecular weight is 58.1 g/mol. The lowest BCUT2D eigenvalue weighted by Crippen LogP contribution is -2.04. The summed E-state index contributed by atoms with van der Waals surface area (Å²) in [5.41, 5.74) is 0. The molecule has 24 valence electrons. The van der Waals surface area contributed by atoms with Crippen LogP contribution in [0.4, 0.5) is 0 Å². The Balaban J connectivity index is 2.30. The van der Waals surface area contributed by atoms with Crippen LogP contribution in [0.1, 0.15) is 0 Å². The van der Waals surface area contributed by atoms with Crippen LogP contribution >= 0.6 is 0 Å². The number of hydrogen-bond donors (Lipinski definition) is 1. The predicted octanol–water partition coefficient (Wildman–Crippen LogP) is -1.00. The average Bonchev–Trinajstić information content (AvgIpc) is 1.37. The molecule has 4 heavy (non-hydrogen) atoms. The minimum Gasteiger partial charge on any atom is -0.850 e. The first-order chi connectivity index (χ1) is 1.91. The van der Waals surface area contributed by atoms with Crippen molar-refractivity contribution in [3.05, 3.63) is 0 Å². The van der Waals surface area contributed by atoms with Gasteiger partial charge in [-0.05, 0) is 6.21 Å². The van der Waals surface area contributed by atoms with E-state index in [0.29, 0.717) is 0 Å². The summed E-state index contributed by atoms with van der Waals surface area (Å²) < 4.78 is 0. The van der Waals surface area contributed by atoms with Crippen molar-refractivity contribution in [2.45, 2.75) is 0 Å². The molecule has 0 amide bonds. The first kappa shape index (κ1) is 3.63. The van der Waals surface area contributed by atoms with Crippen LogP contribution in [0.5, 0.6) is 0 Å². The lowest BCUT2D eigenvalue weighted by Gasteiger charge is -1.82. The molecule has 0 rings (SSSR count). The molecule has 0 radical (unpaired) electrons. The van der Waals surface area contributed by atoms with Crippen molar-refractivity contribution in [2.24, 2.45) is 0 Å². The quantitative estimate of drug-likeness (QED) is 0.386. The summed E-state index contributed by atoms with van der Waals surface area (Å²) >= 11 is 0. The van der Waals surface area contributed by atoms with Crippen LogP contribution in [-0.2, 0) is 0 Å². The van der Waals surface area contributed by atoms with Crippen molar-refractivity contribution >= 4 is 6.21 Å². The molecule has 0 saturated carbocycles. The van der Waals surface area contributed by atoms with Gasteiger partial charge in [-0.25, -0.2) is 0 Å². The van der Waals surface area contributed by atoms with Crippen LogP contribution in [0.25, 0.3) is 0 Å². The molecule has 0 aromatic heterocycles. The molecule has 0 saturated heterocycles. The van der Waals surface area contributed by atoms with E-state index in [1.165, 1.54) is 0 Å². The van der Waals surface area contributed by atoms with E-state index in [-0.39, 0.29) is 6.61 Å². The van der Waals surface area contributed by atoms with Gasteiger partial charge in [0.15, 0.2) is 0 Å². The normalized spacial score (nSPS) is 6.25. The number of rotatable bonds is 1. The number of nitrogens with one attached hydrogen (secondary N) is 1. The van der Waals surface area contributed by atoms with Crippen molar-refractivity contribution in [1.29, 1.82) is 5.41 Å². The van der Waals surface area contributed by atoms with E-state index in [9.17, 15) is 0 Å². The molecule has 0 fully saturated rings. The second-order valence-corrected chi connectivity index (χ2v) is 0.371. The SMILES string of the molecule is N=CC[O-]. The van der Waals surface area contributed by atoms with Gasteiger partial charge in [-0.2, -0.15) is 0 Å². The first-order valence-corrected chi connectivity index (χ1v) is 0.986. The summed E-state index contributed by atoms with van der Waals surface area (Å²) in [7, 11) is 0. The highest BCUT2D eigenvalue weighted by Crippen LogP contribution is 1.20. The molecule has 0 atom stereocenters. The first-order valence-electron chi connectivity index (χ1n) is 0.986. The Labute approximate surface area is 24.6 Å². The van der Waals surface area contributed by atoms with Gasteiger partial charge in [0.05, 0.1) is 0 Å². The summed E-state index contributed by atoms with van der Waals surface area (Å²) in [4.78, 5) is 0. The van der Waals surface area contributed by atoms with E-state index >= 15 is 0 Å². The molecule has 2 heteroatoms.